The van der Waals surface area contributed by atoms with Crippen molar-refractivity contribution in [2.45, 2.75) is 25.0 Å². The number of carbonyl (C=O) groups excluding carboxylic acids is 1. The Hall–Kier alpha value is -2.66. The van der Waals surface area contributed by atoms with Crippen LogP contribution >= 0.6 is 0 Å². The van der Waals surface area contributed by atoms with Gasteiger partial charge in [0.15, 0.2) is 0 Å². The number of aryl methyl sites for hydroxylation is 1. The molecule has 0 radical (unpaired) electrons. The summed E-state index contributed by atoms with van der Waals surface area (Å²) in [5, 5.41) is 11.9. The Morgan fingerprint density at radius 3 is 2.54 bits per heavy atom. The van der Waals surface area contributed by atoms with Crippen LogP contribution in [-0.2, 0) is 32.9 Å². The van der Waals surface area contributed by atoms with Crippen LogP contribution in [0.4, 0.5) is 0 Å². The first kappa shape index (κ1) is 16.2. The molecule has 2 N–H and O–H groups in total. The van der Waals surface area contributed by atoms with Crippen LogP contribution in [0.1, 0.15) is 23.1 Å². The second kappa shape index (κ2) is 6.84. The maximum absolute atomic E-state index is 12.8. The largest absolute Gasteiger partial charge is 0.480 e. The Morgan fingerprint density at radius 1 is 1.08 bits per heavy atom. The second-order valence-electron chi connectivity index (χ2n) is 5.87. The van der Waals surface area contributed by atoms with Gasteiger partial charge < -0.3 is 9.84 Å². The van der Waals surface area contributed by atoms with E-state index in [1.807, 2.05) is 54.6 Å². The van der Waals surface area contributed by atoms with Crippen LogP contribution < -0.4 is 5.32 Å². The smallest absolute Gasteiger partial charge is 0.331 e. The molecule has 2 aromatic rings. The number of rotatable bonds is 6. The molecule has 0 spiro atoms. The molecule has 0 bridgehead atoms. The molecule has 124 valence electrons. The van der Waals surface area contributed by atoms with E-state index in [1.165, 1.54) is 0 Å². The fourth-order valence-corrected chi connectivity index (χ4v) is 3.15. The van der Waals surface area contributed by atoms with Gasteiger partial charge >= 0.3 is 11.9 Å². The van der Waals surface area contributed by atoms with Gasteiger partial charge in [0.05, 0.1) is 6.54 Å². The zero-order chi connectivity index (χ0) is 17.0. The van der Waals surface area contributed by atoms with Crippen molar-refractivity contribution < 1.29 is 19.4 Å². The first-order valence-corrected chi connectivity index (χ1v) is 7.88. The lowest BCUT2D eigenvalue weighted by molar-refractivity contribution is -0.154. The average Bonchev–Trinajstić information content (AvgIpc) is 2.99. The zero-order valence-corrected chi connectivity index (χ0v) is 13.2. The van der Waals surface area contributed by atoms with Crippen molar-refractivity contribution in [3.63, 3.8) is 0 Å². The molecule has 0 fully saturated rings. The fourth-order valence-electron chi connectivity index (χ4n) is 3.15. The normalized spacial score (nSPS) is 18.8. The van der Waals surface area contributed by atoms with Crippen LogP contribution in [-0.4, -0.2) is 23.6 Å². The summed E-state index contributed by atoms with van der Waals surface area (Å²) < 4.78 is 5.51. The van der Waals surface area contributed by atoms with Crippen molar-refractivity contribution in [2.24, 2.45) is 0 Å². The summed E-state index contributed by atoms with van der Waals surface area (Å²) in [5.74, 6) is -1.44. The Balaban J connectivity index is 1.83. The highest BCUT2D eigenvalue weighted by molar-refractivity contribution is 5.85. The summed E-state index contributed by atoms with van der Waals surface area (Å²) >= 11 is 0. The molecule has 5 heteroatoms. The third-order valence-corrected chi connectivity index (χ3v) is 4.35. The molecule has 1 aliphatic rings. The van der Waals surface area contributed by atoms with Gasteiger partial charge in [-0.1, -0.05) is 54.6 Å². The van der Waals surface area contributed by atoms with E-state index in [9.17, 15) is 9.59 Å². The minimum atomic E-state index is -1.09. The van der Waals surface area contributed by atoms with Gasteiger partial charge in [0.2, 0.25) is 0 Å². The predicted octanol–water partition coefficient (Wildman–Crippen LogP) is 2.25. The van der Waals surface area contributed by atoms with Gasteiger partial charge in [-0.2, -0.15) is 0 Å². The topological polar surface area (TPSA) is 75.6 Å². The van der Waals surface area contributed by atoms with Gasteiger partial charge in [-0.25, -0.2) is 4.79 Å². The first-order chi connectivity index (χ1) is 11.6. The minimum Gasteiger partial charge on any atom is -0.480 e. The molecular weight excluding hydrogens is 306 g/mol. The lowest BCUT2D eigenvalue weighted by atomic mass is 9.91. The first-order valence-electron chi connectivity index (χ1n) is 7.88. The third-order valence-electron chi connectivity index (χ3n) is 4.35. The van der Waals surface area contributed by atoms with Crippen LogP contribution in [0.2, 0.25) is 0 Å². The lowest BCUT2D eigenvalue weighted by Gasteiger charge is -2.29. The van der Waals surface area contributed by atoms with E-state index in [-0.39, 0.29) is 13.2 Å². The summed E-state index contributed by atoms with van der Waals surface area (Å²) in [6.07, 6.45) is 1.20. The Bertz CT molecular complexity index is 744. The molecule has 3 rings (SSSR count). The fraction of sp³-hybridized carbons (Fsp3) is 0.263. The standard InChI is InChI=1S/C19H19NO4/c21-17(22)12-20-19(11-10-15-8-4-5-9-16(15)19)18(23)24-13-14-6-2-1-3-7-14/h1-9,20H,10-13H2,(H,21,22). The van der Waals surface area contributed by atoms with E-state index in [0.717, 1.165) is 16.7 Å². The highest BCUT2D eigenvalue weighted by Gasteiger charge is 2.46. The quantitative estimate of drug-likeness (QED) is 0.797. The number of ether oxygens (including phenoxy) is 1. The molecule has 0 aromatic heterocycles. The maximum atomic E-state index is 12.8. The Morgan fingerprint density at radius 2 is 1.79 bits per heavy atom. The monoisotopic (exact) mass is 325 g/mol. The molecule has 1 unspecified atom stereocenters. The van der Waals surface area contributed by atoms with E-state index in [0.29, 0.717) is 12.8 Å². The molecular formula is C19H19NO4. The van der Waals surface area contributed by atoms with Crippen LogP contribution in [0.5, 0.6) is 0 Å². The van der Waals surface area contributed by atoms with E-state index >= 15 is 0 Å². The van der Waals surface area contributed by atoms with Crippen LogP contribution in [0, 0.1) is 0 Å². The van der Waals surface area contributed by atoms with Gasteiger partial charge in [-0.05, 0) is 29.5 Å². The molecule has 0 saturated heterocycles. The molecule has 0 saturated carbocycles. The van der Waals surface area contributed by atoms with E-state index in [2.05, 4.69) is 5.32 Å². The molecule has 24 heavy (non-hydrogen) atoms. The van der Waals surface area contributed by atoms with E-state index in [4.69, 9.17) is 9.84 Å². The van der Waals surface area contributed by atoms with Crippen LogP contribution in [0.3, 0.4) is 0 Å². The summed E-state index contributed by atoms with van der Waals surface area (Å²) in [6.45, 7) is -0.132. The van der Waals surface area contributed by atoms with Crippen molar-refractivity contribution in [1.82, 2.24) is 5.32 Å². The predicted molar refractivity (Wildman–Crippen MR) is 88.3 cm³/mol. The number of fused-ring (bicyclic) bond motifs is 1. The van der Waals surface area contributed by atoms with Crippen molar-refractivity contribution in [2.75, 3.05) is 6.54 Å². The van der Waals surface area contributed by atoms with Crippen molar-refractivity contribution in [1.29, 1.82) is 0 Å². The number of hydrogen-bond donors (Lipinski definition) is 2. The Labute approximate surface area is 140 Å². The van der Waals surface area contributed by atoms with Gasteiger partial charge in [0, 0.05) is 0 Å². The molecule has 1 atom stereocenters. The molecule has 2 aromatic carbocycles. The number of nitrogens with one attached hydrogen (secondary N) is 1. The zero-order valence-electron chi connectivity index (χ0n) is 13.2. The summed E-state index contributed by atoms with van der Waals surface area (Å²) in [6, 6.07) is 17.0. The van der Waals surface area contributed by atoms with E-state index in [1.54, 1.807) is 0 Å². The number of carbonyl (C=O) groups is 2. The number of aliphatic carboxylic acids is 1. The van der Waals surface area contributed by atoms with Gasteiger partial charge in [-0.15, -0.1) is 0 Å². The SMILES string of the molecule is O=C(O)CNC1(C(=O)OCc2ccccc2)CCc2ccccc21. The Kier molecular flexibility index (Phi) is 4.62. The summed E-state index contributed by atoms with van der Waals surface area (Å²) in [5.41, 5.74) is 1.66. The molecule has 0 aliphatic heterocycles. The van der Waals surface area contributed by atoms with Crippen molar-refractivity contribution in [3.05, 3.63) is 71.3 Å². The van der Waals surface area contributed by atoms with Gasteiger partial charge in [0.25, 0.3) is 0 Å². The van der Waals surface area contributed by atoms with Gasteiger partial charge in [0.1, 0.15) is 12.1 Å². The van der Waals surface area contributed by atoms with Crippen molar-refractivity contribution >= 4 is 11.9 Å². The third kappa shape index (κ3) is 3.16. The van der Waals surface area contributed by atoms with Crippen LogP contribution in [0.25, 0.3) is 0 Å². The molecule has 0 heterocycles. The highest BCUT2D eigenvalue weighted by Crippen LogP contribution is 2.38. The number of carboxylic acid groups (broad SMARTS) is 1. The van der Waals surface area contributed by atoms with E-state index < -0.39 is 17.5 Å². The molecule has 1 aliphatic carbocycles. The number of esters is 1. The van der Waals surface area contributed by atoms with Crippen LogP contribution in [0.15, 0.2) is 54.6 Å². The number of benzene rings is 2. The van der Waals surface area contributed by atoms with Gasteiger partial charge in [-0.3, -0.25) is 10.1 Å². The minimum absolute atomic E-state index is 0.165. The number of hydrogen-bond acceptors (Lipinski definition) is 4. The summed E-state index contributed by atoms with van der Waals surface area (Å²) in [4.78, 5) is 23.8. The molecule has 0 amide bonds. The highest BCUT2D eigenvalue weighted by atomic mass is 16.5. The maximum Gasteiger partial charge on any atom is 0.331 e. The number of carboxylic acids is 1. The summed E-state index contributed by atoms with van der Waals surface area (Å²) in [7, 11) is 0. The molecule has 5 nitrogen and oxygen atoms in total. The second-order valence-corrected chi connectivity index (χ2v) is 5.87. The lowest BCUT2D eigenvalue weighted by Crippen LogP contribution is -2.50. The van der Waals surface area contributed by atoms with Crippen molar-refractivity contribution in [3.8, 4) is 0 Å². The average molecular weight is 325 g/mol.